The normalized spacial score (nSPS) is 21.2. The molecule has 1 aliphatic carbocycles. The van der Waals surface area contributed by atoms with Crippen molar-refractivity contribution in [3.8, 4) is 0 Å². The van der Waals surface area contributed by atoms with Crippen LogP contribution < -0.4 is 16.3 Å². The van der Waals surface area contributed by atoms with E-state index in [9.17, 15) is 28.0 Å². The van der Waals surface area contributed by atoms with Crippen molar-refractivity contribution in [2.24, 2.45) is 18.9 Å². The highest BCUT2D eigenvalue weighted by atomic mass is 19.3. The number of likely N-dealkylation sites (tertiary alicyclic amines) is 1. The molecule has 2 saturated heterocycles. The molecule has 1 unspecified atom stereocenters. The number of fused-ring (bicyclic) bond motifs is 3. The Labute approximate surface area is 325 Å². The van der Waals surface area contributed by atoms with E-state index < -0.39 is 24.3 Å². The summed E-state index contributed by atoms with van der Waals surface area (Å²) in [4.78, 5) is 57.7. The first-order chi connectivity index (χ1) is 27.6. The summed E-state index contributed by atoms with van der Waals surface area (Å²) in [5.41, 5.74) is 3.20. The average molecular weight is 779 g/mol. The van der Waals surface area contributed by atoms with Crippen LogP contribution in [0.4, 0.5) is 14.5 Å². The monoisotopic (exact) mass is 778 g/mol. The molecule has 4 aromatic heterocycles. The summed E-state index contributed by atoms with van der Waals surface area (Å²) in [5.74, 6) is -0.246. The maximum Gasteiger partial charge on any atom is 0.329 e. The number of imide groups is 1. The molecule has 0 spiro atoms. The minimum absolute atomic E-state index is 0.0383. The van der Waals surface area contributed by atoms with E-state index in [1.807, 2.05) is 23.0 Å². The van der Waals surface area contributed by atoms with Gasteiger partial charge in [0.25, 0.3) is 12.3 Å². The van der Waals surface area contributed by atoms with Crippen molar-refractivity contribution in [2.45, 2.75) is 76.3 Å². The number of carbonyl (C=O) groups excluding carboxylic acids is 3. The molecule has 2 aliphatic heterocycles. The molecule has 3 amide bonds. The van der Waals surface area contributed by atoms with Gasteiger partial charge in [0.1, 0.15) is 11.6 Å². The minimum Gasteiger partial charge on any atom is -0.321 e. The van der Waals surface area contributed by atoms with E-state index in [2.05, 4.69) is 31.7 Å². The van der Waals surface area contributed by atoms with E-state index in [4.69, 9.17) is 5.10 Å². The van der Waals surface area contributed by atoms with Crippen molar-refractivity contribution in [1.82, 2.24) is 43.7 Å². The van der Waals surface area contributed by atoms with Crippen LogP contribution in [0.5, 0.6) is 0 Å². The van der Waals surface area contributed by atoms with Gasteiger partial charge < -0.3 is 10.2 Å². The number of amides is 3. The summed E-state index contributed by atoms with van der Waals surface area (Å²) in [6, 6.07) is 10.0. The van der Waals surface area contributed by atoms with Crippen molar-refractivity contribution < 1.29 is 23.2 Å². The van der Waals surface area contributed by atoms with E-state index in [-0.39, 0.29) is 40.9 Å². The Morgan fingerprint density at radius 3 is 2.58 bits per heavy atom. The number of para-hydroxylation sites is 1. The molecular formula is C41H44F2N10O4. The number of aromatic nitrogens is 7. The Bertz CT molecular complexity index is 2570. The number of piperidine rings is 2. The van der Waals surface area contributed by atoms with Gasteiger partial charge in [-0.3, -0.25) is 33.5 Å². The number of halogens is 2. The summed E-state index contributed by atoms with van der Waals surface area (Å²) >= 11 is 0. The van der Waals surface area contributed by atoms with Gasteiger partial charge in [0.15, 0.2) is 5.65 Å². The number of imidazole rings is 1. The molecule has 296 valence electrons. The molecule has 0 radical (unpaired) electrons. The van der Waals surface area contributed by atoms with E-state index >= 15 is 0 Å². The van der Waals surface area contributed by atoms with Crippen molar-refractivity contribution in [3.05, 3.63) is 88.4 Å². The molecular weight excluding hydrogens is 735 g/mol. The molecule has 3 fully saturated rings. The summed E-state index contributed by atoms with van der Waals surface area (Å²) in [5, 5.41) is 14.6. The van der Waals surface area contributed by atoms with E-state index in [1.54, 1.807) is 40.7 Å². The molecule has 1 atom stereocenters. The highest BCUT2D eigenvalue weighted by Crippen LogP contribution is 2.37. The fraction of sp³-hybridized carbons (Fsp3) is 0.439. The quantitative estimate of drug-likeness (QED) is 0.180. The number of anilines is 1. The molecule has 14 nitrogen and oxygen atoms in total. The summed E-state index contributed by atoms with van der Waals surface area (Å²) in [6.07, 6.45) is 11.2. The molecule has 1 saturated carbocycles. The van der Waals surface area contributed by atoms with Gasteiger partial charge in [0.05, 0.1) is 34.5 Å². The van der Waals surface area contributed by atoms with E-state index in [1.165, 1.54) is 16.8 Å². The molecule has 2 aromatic carbocycles. The lowest BCUT2D eigenvalue weighted by atomic mass is 9.84. The number of rotatable bonds is 9. The number of alkyl halides is 2. The smallest absolute Gasteiger partial charge is 0.321 e. The number of aryl methyl sites for hydroxylation is 1. The van der Waals surface area contributed by atoms with Gasteiger partial charge in [-0.2, -0.15) is 10.2 Å². The zero-order valence-corrected chi connectivity index (χ0v) is 31.6. The van der Waals surface area contributed by atoms with Crippen molar-refractivity contribution in [2.75, 3.05) is 25.0 Å². The Kier molecular flexibility index (Phi) is 9.67. The second-order valence-electron chi connectivity index (χ2n) is 15.9. The number of benzene rings is 2. The number of hydrogen-bond acceptors (Lipinski definition) is 8. The van der Waals surface area contributed by atoms with Gasteiger partial charge >= 0.3 is 5.69 Å². The van der Waals surface area contributed by atoms with Crippen molar-refractivity contribution >= 4 is 51.0 Å². The molecule has 3 aliphatic rings. The number of carbonyl (C=O) groups is 3. The maximum atomic E-state index is 14.2. The SMILES string of the molecule is Cn1c(=O)n(C2CCC(=O)NC2=O)c2cccc(CC3CCN(C[C@H]4CC[C@H](n5cc6cc(NC(=O)c7cnn8cccnc78)c(C(F)F)cc6n5)CC4)CC3)c21. The molecule has 9 rings (SSSR count). The van der Waals surface area contributed by atoms with Crippen LogP contribution in [0.2, 0.25) is 0 Å². The predicted octanol–water partition coefficient (Wildman–Crippen LogP) is 5.59. The van der Waals surface area contributed by atoms with Crippen molar-refractivity contribution in [3.63, 3.8) is 0 Å². The standard InChI is InChI=1S/C41H44F2N10O4/c1-49-36-26(4-2-5-33(36)53(41(49)57)34-10-11-35(54)47-40(34)56)18-24-12-16-50(17-13-24)22-25-6-8-28(9-7-25)52-23-27-19-32(29(37(42)43)20-31(27)48-52)46-39(55)30-21-45-51-15-3-14-44-38(30)51/h2-5,14-15,19-21,23-25,28,34,37H,6-13,16-18,22H2,1H3,(H,46,55)(H,47,54,56)/t25-,28-,34?. The molecule has 6 heterocycles. The maximum absolute atomic E-state index is 14.2. The first kappa shape index (κ1) is 36.8. The van der Waals surface area contributed by atoms with Crippen LogP contribution in [0.25, 0.3) is 27.6 Å². The van der Waals surface area contributed by atoms with E-state index in [0.29, 0.717) is 34.8 Å². The van der Waals surface area contributed by atoms with Crippen LogP contribution in [0.1, 0.15) is 91.4 Å². The van der Waals surface area contributed by atoms with Crippen LogP contribution in [-0.2, 0) is 23.1 Å². The van der Waals surface area contributed by atoms with Crippen LogP contribution >= 0.6 is 0 Å². The Morgan fingerprint density at radius 1 is 1.00 bits per heavy atom. The predicted molar refractivity (Wildman–Crippen MR) is 208 cm³/mol. The molecule has 16 heteroatoms. The summed E-state index contributed by atoms with van der Waals surface area (Å²) in [6.45, 7) is 3.07. The third kappa shape index (κ3) is 7.00. The zero-order valence-electron chi connectivity index (χ0n) is 31.6. The topological polar surface area (TPSA) is 153 Å². The zero-order chi connectivity index (χ0) is 39.4. The molecule has 57 heavy (non-hydrogen) atoms. The third-order valence-electron chi connectivity index (χ3n) is 12.3. The fourth-order valence-electron chi connectivity index (χ4n) is 9.32. The van der Waals surface area contributed by atoms with Gasteiger partial charge in [0, 0.05) is 49.6 Å². The first-order valence-electron chi connectivity index (χ1n) is 19.8. The number of nitrogens with zero attached hydrogens (tertiary/aromatic N) is 8. The average Bonchev–Trinajstić information content (AvgIpc) is 3.90. The molecule has 2 N–H and O–H groups in total. The lowest BCUT2D eigenvalue weighted by Gasteiger charge is -2.36. The van der Waals surface area contributed by atoms with Gasteiger partial charge in [0.2, 0.25) is 11.8 Å². The van der Waals surface area contributed by atoms with Crippen LogP contribution in [0.15, 0.2) is 66.0 Å². The number of nitrogens with one attached hydrogen (secondary N) is 2. The van der Waals surface area contributed by atoms with E-state index in [0.717, 1.165) is 81.2 Å². The highest BCUT2D eigenvalue weighted by molar-refractivity contribution is 6.09. The van der Waals surface area contributed by atoms with Crippen molar-refractivity contribution in [1.29, 1.82) is 0 Å². The van der Waals surface area contributed by atoms with Gasteiger partial charge in [-0.25, -0.2) is 23.1 Å². The Balaban J connectivity index is 0.801. The first-order valence-corrected chi connectivity index (χ1v) is 19.8. The second-order valence-corrected chi connectivity index (χ2v) is 15.9. The lowest BCUT2D eigenvalue weighted by molar-refractivity contribution is -0.135. The van der Waals surface area contributed by atoms with Gasteiger partial charge in [-0.15, -0.1) is 0 Å². The number of hydrogen-bond donors (Lipinski definition) is 2. The summed E-state index contributed by atoms with van der Waals surface area (Å²) < 4.78 is 35.0. The molecule has 6 aromatic rings. The third-order valence-corrected chi connectivity index (χ3v) is 12.3. The summed E-state index contributed by atoms with van der Waals surface area (Å²) in [7, 11) is 1.76. The fourth-order valence-corrected chi connectivity index (χ4v) is 9.32. The highest BCUT2D eigenvalue weighted by Gasteiger charge is 2.33. The largest absolute Gasteiger partial charge is 0.329 e. The Hall–Kier alpha value is -5.77. The van der Waals surface area contributed by atoms with Crippen LogP contribution in [0.3, 0.4) is 0 Å². The Morgan fingerprint density at radius 2 is 1.81 bits per heavy atom. The minimum atomic E-state index is -2.80. The molecule has 0 bridgehead atoms. The van der Waals surface area contributed by atoms with Crippen LogP contribution in [0, 0.1) is 11.8 Å². The second kappa shape index (κ2) is 15.0. The van der Waals surface area contributed by atoms with Gasteiger partial charge in [-0.1, -0.05) is 12.1 Å². The lowest BCUT2D eigenvalue weighted by Crippen LogP contribution is -2.44. The van der Waals surface area contributed by atoms with Gasteiger partial charge in [-0.05, 0) is 106 Å². The van der Waals surface area contributed by atoms with Crippen LogP contribution in [-0.4, -0.2) is 75.8 Å².